The highest BCUT2D eigenvalue weighted by atomic mass is 32.2. The largest absolute Gasteiger partial charge is 0.293 e. The Labute approximate surface area is 117 Å². The van der Waals surface area contributed by atoms with Crippen molar-refractivity contribution in [2.24, 2.45) is 0 Å². The van der Waals surface area contributed by atoms with Gasteiger partial charge in [0.1, 0.15) is 0 Å². The van der Waals surface area contributed by atoms with Gasteiger partial charge in [-0.2, -0.15) is 0 Å². The average Bonchev–Trinajstić information content (AvgIpc) is 2.39. The van der Waals surface area contributed by atoms with Crippen LogP contribution in [0.4, 0.5) is 0 Å². The lowest BCUT2D eigenvalue weighted by Gasteiger charge is -2.06. The van der Waals surface area contributed by atoms with Crippen molar-refractivity contribution < 1.29 is 4.79 Å². The van der Waals surface area contributed by atoms with Crippen LogP contribution in [0.1, 0.15) is 27.2 Å². The number of thioether (sulfide) groups is 1. The molecule has 1 heterocycles. The van der Waals surface area contributed by atoms with Crippen LogP contribution in [0.25, 0.3) is 0 Å². The molecule has 0 N–H and O–H groups in total. The Bertz CT molecular complexity index is 611. The maximum atomic E-state index is 12.2. The van der Waals surface area contributed by atoms with Gasteiger partial charge in [-0.05, 0) is 38.5 Å². The molecule has 0 radical (unpaired) electrons. The molecule has 1 aromatic carbocycles. The summed E-state index contributed by atoms with van der Waals surface area (Å²) in [6, 6.07) is 7.78. The fourth-order valence-corrected chi connectivity index (χ4v) is 2.50. The van der Waals surface area contributed by atoms with Crippen LogP contribution in [0.2, 0.25) is 0 Å². The molecule has 0 atom stereocenters. The number of carbonyl (C=O) groups excluding carboxylic acids is 1. The molecule has 3 nitrogen and oxygen atoms in total. The maximum Gasteiger partial charge on any atom is 0.188 e. The van der Waals surface area contributed by atoms with E-state index in [0.29, 0.717) is 10.9 Å². The third-order valence-corrected chi connectivity index (χ3v) is 3.66. The third kappa shape index (κ3) is 3.64. The van der Waals surface area contributed by atoms with Gasteiger partial charge in [-0.1, -0.05) is 29.5 Å². The van der Waals surface area contributed by atoms with Crippen LogP contribution in [0.3, 0.4) is 0 Å². The van der Waals surface area contributed by atoms with E-state index in [4.69, 9.17) is 0 Å². The van der Waals surface area contributed by atoms with E-state index in [-0.39, 0.29) is 5.78 Å². The molecule has 0 saturated heterocycles. The third-order valence-electron chi connectivity index (χ3n) is 2.80. The number of rotatable bonds is 4. The lowest BCUT2D eigenvalue weighted by Crippen LogP contribution is -2.06. The van der Waals surface area contributed by atoms with Crippen molar-refractivity contribution in [2.75, 3.05) is 5.75 Å². The second-order valence-electron chi connectivity index (χ2n) is 4.51. The Balaban J connectivity index is 2.07. The summed E-state index contributed by atoms with van der Waals surface area (Å²) in [4.78, 5) is 20.6. The normalized spacial score (nSPS) is 10.5. The van der Waals surface area contributed by atoms with Gasteiger partial charge in [0, 0.05) is 17.5 Å². The monoisotopic (exact) mass is 272 g/mol. The van der Waals surface area contributed by atoms with Crippen LogP contribution in [0.5, 0.6) is 0 Å². The topological polar surface area (TPSA) is 42.9 Å². The molecule has 0 aliphatic rings. The van der Waals surface area contributed by atoms with E-state index in [2.05, 4.69) is 9.97 Å². The minimum Gasteiger partial charge on any atom is -0.293 e. The molecular weight excluding hydrogens is 256 g/mol. The van der Waals surface area contributed by atoms with Crippen molar-refractivity contribution in [1.29, 1.82) is 0 Å². The molecule has 2 aromatic rings. The number of aromatic nitrogens is 2. The van der Waals surface area contributed by atoms with Crippen LogP contribution in [-0.4, -0.2) is 21.5 Å². The van der Waals surface area contributed by atoms with Gasteiger partial charge in [-0.25, -0.2) is 9.97 Å². The fourth-order valence-electron chi connectivity index (χ4n) is 1.74. The van der Waals surface area contributed by atoms with Gasteiger partial charge in [-0.15, -0.1) is 0 Å². The quantitative estimate of drug-likeness (QED) is 0.486. The standard InChI is InChI=1S/C15H16N2OS/c1-10-4-5-11(2)13(8-10)14(18)9-19-15-16-7-6-12(3)17-15/h4-8H,9H2,1-3H3. The molecule has 2 rings (SSSR count). The molecule has 0 aliphatic carbocycles. The molecule has 0 unspecified atom stereocenters. The van der Waals surface area contributed by atoms with Crippen LogP contribution >= 0.6 is 11.8 Å². The molecule has 0 saturated carbocycles. The second kappa shape index (κ2) is 5.97. The molecule has 98 valence electrons. The van der Waals surface area contributed by atoms with Gasteiger partial charge < -0.3 is 0 Å². The predicted molar refractivity (Wildman–Crippen MR) is 77.7 cm³/mol. The van der Waals surface area contributed by atoms with Gasteiger partial charge in [0.2, 0.25) is 0 Å². The Morgan fingerprint density at radius 3 is 2.74 bits per heavy atom. The average molecular weight is 272 g/mol. The molecule has 0 spiro atoms. The zero-order chi connectivity index (χ0) is 13.8. The van der Waals surface area contributed by atoms with Crippen LogP contribution in [0.15, 0.2) is 35.6 Å². The summed E-state index contributed by atoms with van der Waals surface area (Å²) in [6.45, 7) is 5.87. The smallest absolute Gasteiger partial charge is 0.188 e. The fraction of sp³-hybridized carbons (Fsp3) is 0.267. The van der Waals surface area contributed by atoms with E-state index in [1.54, 1.807) is 6.20 Å². The lowest BCUT2D eigenvalue weighted by atomic mass is 10.0. The lowest BCUT2D eigenvalue weighted by molar-refractivity contribution is 0.102. The van der Waals surface area contributed by atoms with E-state index in [0.717, 1.165) is 22.4 Å². The number of nitrogens with zero attached hydrogens (tertiary/aromatic N) is 2. The highest BCUT2D eigenvalue weighted by Gasteiger charge is 2.10. The van der Waals surface area contributed by atoms with E-state index >= 15 is 0 Å². The van der Waals surface area contributed by atoms with E-state index in [1.807, 2.05) is 45.0 Å². The molecular formula is C15H16N2OS. The SMILES string of the molecule is Cc1ccc(C)c(C(=O)CSc2nccc(C)n2)c1. The molecule has 4 heteroatoms. The van der Waals surface area contributed by atoms with Crippen molar-refractivity contribution in [3.05, 3.63) is 52.8 Å². The van der Waals surface area contributed by atoms with Gasteiger partial charge in [0.15, 0.2) is 10.9 Å². The Morgan fingerprint density at radius 2 is 2.00 bits per heavy atom. The van der Waals surface area contributed by atoms with Gasteiger partial charge in [-0.3, -0.25) is 4.79 Å². The van der Waals surface area contributed by atoms with Crippen LogP contribution in [0, 0.1) is 20.8 Å². The van der Waals surface area contributed by atoms with Crippen molar-refractivity contribution in [2.45, 2.75) is 25.9 Å². The first-order valence-electron chi connectivity index (χ1n) is 6.09. The number of hydrogen-bond acceptors (Lipinski definition) is 4. The highest BCUT2D eigenvalue weighted by Crippen LogP contribution is 2.17. The summed E-state index contributed by atoms with van der Waals surface area (Å²) < 4.78 is 0. The van der Waals surface area contributed by atoms with Crippen LogP contribution < -0.4 is 0 Å². The highest BCUT2D eigenvalue weighted by molar-refractivity contribution is 7.99. The van der Waals surface area contributed by atoms with Crippen molar-refractivity contribution in [3.8, 4) is 0 Å². The molecule has 19 heavy (non-hydrogen) atoms. The Hall–Kier alpha value is -1.68. The van der Waals surface area contributed by atoms with Crippen molar-refractivity contribution >= 4 is 17.5 Å². The molecule has 0 fully saturated rings. The van der Waals surface area contributed by atoms with Gasteiger partial charge >= 0.3 is 0 Å². The molecule has 0 amide bonds. The van der Waals surface area contributed by atoms with Gasteiger partial charge in [0.25, 0.3) is 0 Å². The van der Waals surface area contributed by atoms with E-state index in [9.17, 15) is 4.79 Å². The Morgan fingerprint density at radius 1 is 1.21 bits per heavy atom. The number of Topliss-reactive ketones (excluding diaryl/α,β-unsaturated/α-hetero) is 1. The Kier molecular flexibility index (Phi) is 4.32. The molecule has 0 bridgehead atoms. The van der Waals surface area contributed by atoms with Gasteiger partial charge in [0.05, 0.1) is 5.75 Å². The number of ketones is 1. The minimum absolute atomic E-state index is 0.122. The first-order chi connectivity index (χ1) is 9.06. The summed E-state index contributed by atoms with van der Waals surface area (Å²) in [5.74, 6) is 0.490. The first kappa shape index (κ1) is 13.7. The first-order valence-corrected chi connectivity index (χ1v) is 7.08. The summed E-state index contributed by atoms with van der Waals surface area (Å²) in [5.41, 5.74) is 3.82. The van der Waals surface area contributed by atoms with Crippen molar-refractivity contribution in [1.82, 2.24) is 9.97 Å². The summed E-state index contributed by atoms with van der Waals surface area (Å²) in [5, 5.41) is 0.652. The predicted octanol–water partition coefficient (Wildman–Crippen LogP) is 3.38. The molecule has 1 aromatic heterocycles. The number of aryl methyl sites for hydroxylation is 3. The summed E-state index contributed by atoms with van der Waals surface area (Å²) in [6.07, 6.45) is 1.72. The van der Waals surface area contributed by atoms with E-state index < -0.39 is 0 Å². The zero-order valence-corrected chi connectivity index (χ0v) is 12.1. The summed E-state index contributed by atoms with van der Waals surface area (Å²) in [7, 11) is 0. The zero-order valence-electron chi connectivity index (χ0n) is 11.3. The number of carbonyl (C=O) groups is 1. The van der Waals surface area contributed by atoms with E-state index in [1.165, 1.54) is 11.8 Å². The second-order valence-corrected chi connectivity index (χ2v) is 5.45. The van der Waals surface area contributed by atoms with Crippen molar-refractivity contribution in [3.63, 3.8) is 0 Å². The number of hydrogen-bond donors (Lipinski definition) is 0. The maximum absolute atomic E-state index is 12.2. The summed E-state index contributed by atoms with van der Waals surface area (Å²) >= 11 is 1.38. The molecule has 0 aliphatic heterocycles. The van der Waals surface area contributed by atoms with Crippen LogP contribution in [-0.2, 0) is 0 Å². The minimum atomic E-state index is 0.122. The number of benzene rings is 1.